The van der Waals surface area contributed by atoms with E-state index in [9.17, 15) is 0 Å². The van der Waals surface area contributed by atoms with E-state index in [0.29, 0.717) is 0 Å². The molecule has 0 amide bonds. The summed E-state index contributed by atoms with van der Waals surface area (Å²) in [5, 5.41) is 4.05. The maximum absolute atomic E-state index is 6.20. The van der Waals surface area contributed by atoms with Gasteiger partial charge < -0.3 is 5.32 Å². The fourth-order valence-electron chi connectivity index (χ4n) is 1.52. The summed E-state index contributed by atoms with van der Waals surface area (Å²) in [6.45, 7) is 0.886. The van der Waals surface area contributed by atoms with Crippen molar-refractivity contribution in [3.05, 3.63) is 27.2 Å². The van der Waals surface area contributed by atoms with Crippen molar-refractivity contribution in [3.63, 3.8) is 0 Å². The van der Waals surface area contributed by atoms with Gasteiger partial charge in [0.25, 0.3) is 0 Å². The molecule has 1 aliphatic heterocycles. The van der Waals surface area contributed by atoms with Crippen molar-refractivity contribution in [2.45, 2.75) is 11.8 Å². The largest absolute Gasteiger partial charge is 0.383 e. The minimum Gasteiger partial charge on any atom is -0.383 e. The molecule has 0 aliphatic carbocycles. The van der Waals surface area contributed by atoms with Gasteiger partial charge in [-0.15, -0.1) is 11.6 Å². The van der Waals surface area contributed by atoms with Crippen molar-refractivity contribution in [1.29, 1.82) is 0 Å². The standard InChI is InChI=1S/C9H8BrCl2N/c10-5-1-2-7(12)9-8(5)6(11)3-4-13-9/h1-2,6,13H,3-4H2. The minimum absolute atomic E-state index is 0.0596. The van der Waals surface area contributed by atoms with Crippen molar-refractivity contribution in [1.82, 2.24) is 0 Å². The molecule has 0 bridgehead atoms. The lowest BCUT2D eigenvalue weighted by Gasteiger charge is -2.24. The van der Waals surface area contributed by atoms with Gasteiger partial charge in [-0.05, 0) is 18.6 Å². The Hall–Kier alpha value is 0.0800. The van der Waals surface area contributed by atoms with E-state index in [0.717, 1.165) is 33.7 Å². The van der Waals surface area contributed by atoms with Gasteiger partial charge in [-0.25, -0.2) is 0 Å². The van der Waals surface area contributed by atoms with Gasteiger partial charge >= 0.3 is 0 Å². The number of fused-ring (bicyclic) bond motifs is 1. The fourth-order valence-corrected chi connectivity index (χ4v) is 2.83. The van der Waals surface area contributed by atoms with E-state index in [1.807, 2.05) is 12.1 Å². The molecular weight excluding hydrogens is 273 g/mol. The Morgan fingerprint density at radius 1 is 1.46 bits per heavy atom. The summed E-state index contributed by atoms with van der Waals surface area (Å²) < 4.78 is 1.03. The summed E-state index contributed by atoms with van der Waals surface area (Å²) >= 11 is 15.7. The molecule has 0 radical (unpaired) electrons. The van der Waals surface area contributed by atoms with E-state index in [1.165, 1.54) is 0 Å². The lowest BCUT2D eigenvalue weighted by atomic mass is 10.0. The normalized spacial score (nSPS) is 20.7. The molecule has 1 aromatic rings. The number of rotatable bonds is 0. The fraction of sp³-hybridized carbons (Fsp3) is 0.333. The van der Waals surface area contributed by atoms with Crippen LogP contribution in [0.2, 0.25) is 5.02 Å². The van der Waals surface area contributed by atoms with Gasteiger partial charge in [0.2, 0.25) is 0 Å². The van der Waals surface area contributed by atoms with Crippen LogP contribution in [0, 0.1) is 0 Å². The predicted octanol–water partition coefficient (Wildman–Crippen LogP) is 4.20. The molecule has 1 heterocycles. The first kappa shape index (κ1) is 9.63. The molecule has 1 atom stereocenters. The van der Waals surface area contributed by atoms with E-state index in [2.05, 4.69) is 21.2 Å². The van der Waals surface area contributed by atoms with Crippen molar-refractivity contribution in [2.24, 2.45) is 0 Å². The van der Waals surface area contributed by atoms with Crippen LogP contribution >= 0.6 is 39.1 Å². The summed E-state index contributed by atoms with van der Waals surface area (Å²) in [4.78, 5) is 0. The summed E-state index contributed by atoms with van der Waals surface area (Å²) in [6, 6.07) is 3.80. The smallest absolute Gasteiger partial charge is 0.0641 e. The van der Waals surface area contributed by atoms with Crippen LogP contribution in [0.4, 0.5) is 5.69 Å². The van der Waals surface area contributed by atoms with E-state index in [4.69, 9.17) is 23.2 Å². The van der Waals surface area contributed by atoms with Crippen LogP contribution in [-0.4, -0.2) is 6.54 Å². The van der Waals surface area contributed by atoms with E-state index < -0.39 is 0 Å². The number of hydrogen-bond donors (Lipinski definition) is 1. The number of alkyl halides is 1. The maximum Gasteiger partial charge on any atom is 0.0641 e. The highest BCUT2D eigenvalue weighted by molar-refractivity contribution is 9.10. The number of hydrogen-bond acceptors (Lipinski definition) is 1. The topological polar surface area (TPSA) is 12.0 Å². The summed E-state index contributed by atoms with van der Waals surface area (Å²) in [7, 11) is 0. The zero-order chi connectivity index (χ0) is 9.42. The van der Waals surface area contributed by atoms with Crippen molar-refractivity contribution >= 4 is 44.8 Å². The van der Waals surface area contributed by atoms with Gasteiger partial charge in [0.1, 0.15) is 0 Å². The highest BCUT2D eigenvalue weighted by Gasteiger charge is 2.22. The third kappa shape index (κ3) is 1.67. The molecule has 0 aromatic heterocycles. The SMILES string of the molecule is Clc1ccc(Br)c2c1NCCC2Cl. The summed E-state index contributed by atoms with van der Waals surface area (Å²) in [5.41, 5.74) is 2.06. The second-order valence-corrected chi connectivity index (χ2v) is 4.79. The molecule has 0 fully saturated rings. The predicted molar refractivity (Wildman–Crippen MR) is 60.9 cm³/mol. The quantitative estimate of drug-likeness (QED) is 0.703. The van der Waals surface area contributed by atoms with E-state index in [1.54, 1.807) is 0 Å². The zero-order valence-corrected chi connectivity index (χ0v) is 9.88. The summed E-state index contributed by atoms with van der Waals surface area (Å²) in [6.07, 6.45) is 0.938. The third-order valence-electron chi connectivity index (χ3n) is 2.15. The Kier molecular flexibility index (Phi) is 2.72. The van der Waals surface area contributed by atoms with Crippen LogP contribution in [0.1, 0.15) is 17.4 Å². The van der Waals surface area contributed by atoms with E-state index in [-0.39, 0.29) is 5.38 Å². The first-order valence-corrected chi connectivity index (χ1v) is 5.66. The third-order valence-corrected chi connectivity index (χ3v) is 3.60. The maximum atomic E-state index is 6.20. The van der Waals surface area contributed by atoms with Crippen LogP contribution in [0.15, 0.2) is 16.6 Å². The number of nitrogens with one attached hydrogen (secondary N) is 1. The van der Waals surface area contributed by atoms with Crippen LogP contribution < -0.4 is 5.32 Å². The monoisotopic (exact) mass is 279 g/mol. The number of benzene rings is 1. The Labute approximate surface area is 95.5 Å². The Bertz CT molecular complexity index is 341. The Balaban J connectivity index is 2.60. The summed E-state index contributed by atoms with van der Waals surface area (Å²) in [5.74, 6) is 0. The van der Waals surface area contributed by atoms with Crippen molar-refractivity contribution in [3.8, 4) is 0 Å². The molecular formula is C9H8BrCl2N. The van der Waals surface area contributed by atoms with Gasteiger partial charge in [-0.2, -0.15) is 0 Å². The second kappa shape index (κ2) is 3.68. The van der Waals surface area contributed by atoms with Crippen molar-refractivity contribution in [2.75, 3.05) is 11.9 Å². The van der Waals surface area contributed by atoms with Gasteiger partial charge in [-0.3, -0.25) is 0 Å². The molecule has 1 aliphatic rings. The second-order valence-electron chi connectivity index (χ2n) is 3.00. The van der Waals surface area contributed by atoms with Gasteiger partial charge in [-0.1, -0.05) is 27.5 Å². The average molecular weight is 281 g/mol. The van der Waals surface area contributed by atoms with E-state index >= 15 is 0 Å². The minimum atomic E-state index is 0.0596. The molecule has 0 saturated carbocycles. The average Bonchev–Trinajstić information content (AvgIpc) is 2.12. The van der Waals surface area contributed by atoms with Crippen LogP contribution in [-0.2, 0) is 0 Å². The molecule has 4 heteroatoms. The molecule has 0 spiro atoms. The zero-order valence-electron chi connectivity index (χ0n) is 6.78. The van der Waals surface area contributed by atoms with Crippen molar-refractivity contribution < 1.29 is 0 Å². The molecule has 1 aromatic carbocycles. The highest BCUT2D eigenvalue weighted by Crippen LogP contribution is 2.42. The van der Waals surface area contributed by atoms with Gasteiger partial charge in [0.05, 0.1) is 16.1 Å². The van der Waals surface area contributed by atoms with Crippen LogP contribution in [0.3, 0.4) is 0 Å². The van der Waals surface area contributed by atoms with Crippen LogP contribution in [0.5, 0.6) is 0 Å². The van der Waals surface area contributed by atoms with Crippen LogP contribution in [0.25, 0.3) is 0 Å². The Morgan fingerprint density at radius 3 is 2.92 bits per heavy atom. The Morgan fingerprint density at radius 2 is 2.23 bits per heavy atom. The molecule has 1 N–H and O–H groups in total. The molecule has 1 nitrogen and oxygen atoms in total. The number of halogens is 3. The lowest BCUT2D eigenvalue weighted by molar-refractivity contribution is 0.798. The first-order chi connectivity index (χ1) is 6.20. The molecule has 1 unspecified atom stereocenters. The number of anilines is 1. The lowest BCUT2D eigenvalue weighted by Crippen LogP contribution is -2.14. The highest BCUT2D eigenvalue weighted by atomic mass is 79.9. The first-order valence-electron chi connectivity index (χ1n) is 4.06. The molecule has 0 saturated heterocycles. The van der Waals surface area contributed by atoms with Gasteiger partial charge in [0.15, 0.2) is 0 Å². The molecule has 70 valence electrons. The van der Waals surface area contributed by atoms with Gasteiger partial charge in [0, 0.05) is 16.6 Å². The molecule has 2 rings (SSSR count). The molecule has 13 heavy (non-hydrogen) atoms.